The second-order valence-electron chi connectivity index (χ2n) is 6.17. The van der Waals surface area contributed by atoms with Gasteiger partial charge in [0.05, 0.1) is 0 Å². The Morgan fingerprint density at radius 1 is 1.36 bits per heavy atom. The Bertz CT molecular complexity index is 267. The van der Waals surface area contributed by atoms with Crippen molar-refractivity contribution in [3.63, 3.8) is 0 Å². The summed E-state index contributed by atoms with van der Waals surface area (Å²) in [7, 11) is -0.834. The molecule has 0 aromatic carbocycles. The first kappa shape index (κ1) is 10.2. The van der Waals surface area contributed by atoms with E-state index in [-0.39, 0.29) is 0 Å². The van der Waals surface area contributed by atoms with Crippen molar-refractivity contribution in [2.45, 2.75) is 44.9 Å². The topological polar surface area (TPSA) is 0 Å². The van der Waals surface area contributed by atoms with Crippen LogP contribution < -0.4 is 0 Å². The summed E-state index contributed by atoms with van der Waals surface area (Å²) in [6, 6.07) is 1.53. The largest absolute Gasteiger partial charge is 0.0839 e. The molecule has 0 aliphatic heterocycles. The van der Waals surface area contributed by atoms with Gasteiger partial charge >= 0.3 is 0 Å². The van der Waals surface area contributed by atoms with Crippen LogP contribution in [0.15, 0.2) is 23.8 Å². The lowest BCUT2D eigenvalue weighted by molar-refractivity contribution is 0.533. The van der Waals surface area contributed by atoms with Gasteiger partial charge in [0.25, 0.3) is 0 Å². The molecule has 14 heavy (non-hydrogen) atoms. The van der Waals surface area contributed by atoms with Gasteiger partial charge in [-0.1, -0.05) is 49.5 Å². The zero-order valence-corrected chi connectivity index (χ0v) is 10.7. The van der Waals surface area contributed by atoms with Gasteiger partial charge in [0.1, 0.15) is 0 Å². The lowest BCUT2D eigenvalue weighted by Gasteiger charge is -2.20. The smallest absolute Gasteiger partial charge is 0.0445 e. The van der Waals surface area contributed by atoms with E-state index in [2.05, 4.69) is 37.9 Å². The summed E-state index contributed by atoms with van der Waals surface area (Å²) in [6.45, 7) is 7.50. The Morgan fingerprint density at radius 2 is 2.14 bits per heavy atom. The Morgan fingerprint density at radius 3 is 2.79 bits per heavy atom. The van der Waals surface area contributed by atoms with E-state index >= 15 is 0 Å². The van der Waals surface area contributed by atoms with E-state index in [9.17, 15) is 0 Å². The van der Waals surface area contributed by atoms with Gasteiger partial charge in [0.2, 0.25) is 0 Å². The highest BCUT2D eigenvalue weighted by Crippen LogP contribution is 2.43. The van der Waals surface area contributed by atoms with Gasteiger partial charge in [-0.25, -0.2) is 0 Å². The summed E-state index contributed by atoms with van der Waals surface area (Å²) in [5.74, 6) is 1.93. The maximum atomic E-state index is 2.50. The molecule has 0 spiro atoms. The molecule has 0 amide bonds. The molecule has 2 atom stereocenters. The average Bonchev–Trinajstić information content (AvgIpc) is 2.42. The van der Waals surface area contributed by atoms with Crippen LogP contribution in [0, 0.1) is 11.8 Å². The maximum Gasteiger partial charge on any atom is 0.0445 e. The van der Waals surface area contributed by atoms with Crippen LogP contribution in [0.2, 0.25) is 25.7 Å². The first-order chi connectivity index (χ1) is 6.54. The monoisotopic (exact) mass is 206 g/mol. The Kier molecular flexibility index (Phi) is 2.69. The maximum absolute atomic E-state index is 2.50. The molecule has 0 N–H and O–H groups in total. The molecule has 0 bridgehead atoms. The third kappa shape index (κ3) is 2.38. The van der Waals surface area contributed by atoms with Crippen LogP contribution in [-0.4, -0.2) is 8.07 Å². The molecule has 0 aromatic heterocycles. The van der Waals surface area contributed by atoms with Crippen molar-refractivity contribution >= 4 is 8.07 Å². The van der Waals surface area contributed by atoms with E-state index in [4.69, 9.17) is 0 Å². The average molecular weight is 206 g/mol. The van der Waals surface area contributed by atoms with Crippen LogP contribution in [0.5, 0.6) is 0 Å². The highest BCUT2D eigenvalue weighted by Gasteiger charge is 2.31. The van der Waals surface area contributed by atoms with Gasteiger partial charge in [0, 0.05) is 8.07 Å². The van der Waals surface area contributed by atoms with E-state index < -0.39 is 8.07 Å². The highest BCUT2D eigenvalue weighted by molar-refractivity contribution is 6.76. The predicted octanol–water partition coefficient (Wildman–Crippen LogP) is 4.24. The van der Waals surface area contributed by atoms with Crippen LogP contribution in [-0.2, 0) is 0 Å². The molecular weight excluding hydrogens is 184 g/mol. The van der Waals surface area contributed by atoms with Gasteiger partial charge in [0.15, 0.2) is 0 Å². The van der Waals surface area contributed by atoms with Gasteiger partial charge < -0.3 is 0 Å². The molecule has 0 nitrogen and oxygen atoms in total. The SMILES string of the molecule is C[Si](C)(C)CC1CC2=CC=CCC2C1. The number of fused-ring (bicyclic) bond motifs is 1. The molecule has 0 aromatic rings. The molecule has 78 valence electrons. The van der Waals surface area contributed by atoms with Gasteiger partial charge in [-0.15, -0.1) is 0 Å². The zero-order valence-electron chi connectivity index (χ0n) is 9.72. The predicted molar refractivity (Wildman–Crippen MR) is 66.2 cm³/mol. The van der Waals surface area contributed by atoms with Crippen LogP contribution in [0.4, 0.5) is 0 Å². The minimum Gasteiger partial charge on any atom is -0.0839 e. The van der Waals surface area contributed by atoms with Crippen molar-refractivity contribution in [2.75, 3.05) is 0 Å². The van der Waals surface area contributed by atoms with Crippen LogP contribution in [0.1, 0.15) is 19.3 Å². The van der Waals surface area contributed by atoms with Crippen molar-refractivity contribution in [3.05, 3.63) is 23.8 Å². The molecule has 1 fully saturated rings. The molecule has 0 saturated heterocycles. The van der Waals surface area contributed by atoms with Crippen molar-refractivity contribution < 1.29 is 0 Å². The number of hydrogen-bond donors (Lipinski definition) is 0. The quantitative estimate of drug-likeness (QED) is 0.593. The molecular formula is C13H22Si. The van der Waals surface area contributed by atoms with E-state index in [1.54, 1.807) is 5.57 Å². The minimum atomic E-state index is -0.834. The first-order valence-electron chi connectivity index (χ1n) is 5.90. The van der Waals surface area contributed by atoms with Crippen molar-refractivity contribution in [2.24, 2.45) is 11.8 Å². The molecule has 0 heterocycles. The number of hydrogen-bond acceptors (Lipinski definition) is 0. The van der Waals surface area contributed by atoms with Crippen molar-refractivity contribution in [1.29, 1.82) is 0 Å². The fourth-order valence-corrected chi connectivity index (χ4v) is 5.09. The molecule has 2 aliphatic carbocycles. The number of allylic oxidation sites excluding steroid dienone is 4. The lowest BCUT2D eigenvalue weighted by Crippen LogP contribution is -2.22. The van der Waals surface area contributed by atoms with E-state index in [0.29, 0.717) is 0 Å². The number of rotatable bonds is 2. The normalized spacial score (nSPS) is 31.5. The Balaban J connectivity index is 1.96. The van der Waals surface area contributed by atoms with Crippen molar-refractivity contribution in [3.8, 4) is 0 Å². The third-order valence-electron chi connectivity index (χ3n) is 3.43. The highest BCUT2D eigenvalue weighted by atomic mass is 28.3. The second kappa shape index (κ2) is 3.69. The Hall–Kier alpha value is -0.303. The summed E-state index contributed by atoms with van der Waals surface area (Å²) in [5.41, 5.74) is 1.75. The molecule has 2 rings (SSSR count). The van der Waals surface area contributed by atoms with Crippen LogP contribution in [0.25, 0.3) is 0 Å². The lowest BCUT2D eigenvalue weighted by atomic mass is 9.95. The van der Waals surface area contributed by atoms with E-state index in [0.717, 1.165) is 11.8 Å². The zero-order chi connectivity index (χ0) is 10.2. The third-order valence-corrected chi connectivity index (χ3v) is 5.24. The summed E-state index contributed by atoms with van der Waals surface area (Å²) in [6.07, 6.45) is 11.2. The van der Waals surface area contributed by atoms with Crippen molar-refractivity contribution in [1.82, 2.24) is 0 Å². The molecule has 1 saturated carbocycles. The minimum absolute atomic E-state index is 0.834. The van der Waals surface area contributed by atoms with E-state index in [1.807, 2.05) is 0 Å². The van der Waals surface area contributed by atoms with Gasteiger partial charge in [-0.3, -0.25) is 0 Å². The Labute approximate surface area is 89.1 Å². The van der Waals surface area contributed by atoms with Crippen LogP contribution in [0.3, 0.4) is 0 Å². The summed E-state index contributed by atoms with van der Waals surface area (Å²) in [5, 5.41) is 0. The summed E-state index contributed by atoms with van der Waals surface area (Å²) >= 11 is 0. The summed E-state index contributed by atoms with van der Waals surface area (Å²) in [4.78, 5) is 0. The standard InChI is InChI=1S/C13H22Si/c1-14(2,3)10-11-8-12-6-4-5-7-13(12)9-11/h4-6,11,13H,7-10H2,1-3H3. The van der Waals surface area contributed by atoms with Crippen LogP contribution >= 0.6 is 0 Å². The van der Waals surface area contributed by atoms with Gasteiger partial charge in [-0.2, -0.15) is 0 Å². The van der Waals surface area contributed by atoms with Gasteiger partial charge in [-0.05, 0) is 31.1 Å². The molecule has 0 radical (unpaired) electrons. The second-order valence-corrected chi connectivity index (χ2v) is 11.7. The fraction of sp³-hybridized carbons (Fsp3) is 0.692. The fourth-order valence-electron chi connectivity index (χ4n) is 3.04. The molecule has 2 aliphatic rings. The first-order valence-corrected chi connectivity index (χ1v) is 9.61. The summed E-state index contributed by atoms with van der Waals surface area (Å²) < 4.78 is 0. The van der Waals surface area contributed by atoms with E-state index in [1.165, 1.54) is 25.3 Å². The molecule has 2 unspecified atom stereocenters. The molecule has 1 heteroatoms.